The lowest BCUT2D eigenvalue weighted by Gasteiger charge is -2.11. The molecule has 0 fully saturated rings. The van der Waals surface area contributed by atoms with Crippen molar-refractivity contribution < 1.29 is 4.79 Å². The van der Waals surface area contributed by atoms with Crippen LogP contribution < -0.4 is 5.32 Å². The van der Waals surface area contributed by atoms with E-state index in [-0.39, 0.29) is 11.2 Å². The lowest BCUT2D eigenvalue weighted by Crippen LogP contribution is -2.22. The Kier molecular flexibility index (Phi) is 4.37. The fourth-order valence-electron chi connectivity index (χ4n) is 2.44. The summed E-state index contributed by atoms with van der Waals surface area (Å²) in [6, 6.07) is 15.2. The Morgan fingerprint density at radius 2 is 1.96 bits per heavy atom. The molecule has 2 aromatic carbocycles. The molecule has 126 valence electrons. The maximum Gasteiger partial charge on any atom is 0.237 e. The number of halogens is 1. The van der Waals surface area contributed by atoms with Gasteiger partial charge in [-0.2, -0.15) is 0 Å². The van der Waals surface area contributed by atoms with E-state index in [1.54, 1.807) is 23.5 Å². The number of anilines is 1. The first-order chi connectivity index (χ1) is 12.1. The Morgan fingerprint density at radius 3 is 2.80 bits per heavy atom. The van der Waals surface area contributed by atoms with Crippen LogP contribution in [0.2, 0.25) is 5.02 Å². The molecular weight excluding hydrogens is 376 g/mol. The summed E-state index contributed by atoms with van der Waals surface area (Å²) in [6.07, 6.45) is 0. The van der Waals surface area contributed by atoms with Crippen LogP contribution in [0.25, 0.3) is 15.2 Å². The Bertz CT molecular complexity index is 1070. The molecule has 0 radical (unpaired) electrons. The van der Waals surface area contributed by atoms with Crippen molar-refractivity contribution in [1.29, 1.82) is 0 Å². The number of para-hydroxylation sites is 2. The summed E-state index contributed by atoms with van der Waals surface area (Å²) < 4.78 is 3.13. The van der Waals surface area contributed by atoms with Gasteiger partial charge in [0.25, 0.3) is 0 Å². The van der Waals surface area contributed by atoms with Gasteiger partial charge in [-0.25, -0.2) is 0 Å². The third-order valence-electron chi connectivity index (χ3n) is 3.69. The Balaban J connectivity index is 1.58. The predicted octanol–water partition coefficient (Wildman–Crippen LogP) is 4.72. The highest BCUT2D eigenvalue weighted by Crippen LogP contribution is 2.31. The highest BCUT2D eigenvalue weighted by atomic mass is 35.5. The number of carbonyl (C=O) groups is 1. The van der Waals surface area contributed by atoms with Gasteiger partial charge >= 0.3 is 0 Å². The normalized spacial score (nSPS) is 12.6. The van der Waals surface area contributed by atoms with E-state index in [2.05, 4.69) is 21.6 Å². The van der Waals surface area contributed by atoms with Gasteiger partial charge in [0.15, 0.2) is 5.16 Å². The van der Waals surface area contributed by atoms with Gasteiger partial charge in [-0.1, -0.05) is 59.0 Å². The molecule has 5 nitrogen and oxygen atoms in total. The molecule has 0 saturated heterocycles. The first-order valence-electron chi connectivity index (χ1n) is 7.58. The third kappa shape index (κ3) is 3.10. The molecule has 4 aromatic rings. The van der Waals surface area contributed by atoms with E-state index >= 15 is 0 Å². The van der Waals surface area contributed by atoms with Crippen LogP contribution in [0.15, 0.2) is 53.7 Å². The zero-order valence-electron chi connectivity index (χ0n) is 13.1. The van der Waals surface area contributed by atoms with Crippen molar-refractivity contribution >= 4 is 61.5 Å². The third-order valence-corrected chi connectivity index (χ3v) is 6.08. The number of nitrogens with one attached hydrogen (secondary N) is 1. The minimum atomic E-state index is -0.345. The number of fused-ring (bicyclic) bond motifs is 3. The van der Waals surface area contributed by atoms with Gasteiger partial charge < -0.3 is 5.32 Å². The lowest BCUT2D eigenvalue weighted by molar-refractivity contribution is -0.115. The van der Waals surface area contributed by atoms with Crippen molar-refractivity contribution in [2.45, 2.75) is 17.3 Å². The SMILES string of the molecule is CC(Sc1nnc2sc3ccccc3n12)C(=O)Nc1ccccc1Cl. The van der Waals surface area contributed by atoms with E-state index in [4.69, 9.17) is 11.6 Å². The minimum absolute atomic E-state index is 0.130. The van der Waals surface area contributed by atoms with Crippen LogP contribution in [-0.2, 0) is 4.79 Å². The molecule has 0 spiro atoms. The molecule has 4 rings (SSSR count). The molecule has 2 heterocycles. The Hall–Kier alpha value is -2.09. The average molecular weight is 389 g/mol. The lowest BCUT2D eigenvalue weighted by atomic mass is 10.3. The van der Waals surface area contributed by atoms with Gasteiger partial charge in [0, 0.05) is 0 Å². The quantitative estimate of drug-likeness (QED) is 0.514. The maximum absolute atomic E-state index is 12.5. The fraction of sp³-hybridized carbons (Fsp3) is 0.118. The molecule has 0 aliphatic carbocycles. The number of carbonyl (C=O) groups excluding carboxylic acids is 1. The van der Waals surface area contributed by atoms with Crippen molar-refractivity contribution in [3.8, 4) is 0 Å². The molecule has 2 aromatic heterocycles. The number of aromatic nitrogens is 3. The molecule has 8 heteroatoms. The summed E-state index contributed by atoms with van der Waals surface area (Å²) in [4.78, 5) is 13.3. The number of amides is 1. The Labute approximate surface area is 157 Å². The molecular formula is C17H13ClN4OS2. The number of hydrogen-bond acceptors (Lipinski definition) is 5. The molecule has 0 bridgehead atoms. The molecule has 1 N–H and O–H groups in total. The van der Waals surface area contributed by atoms with Crippen molar-refractivity contribution in [3.63, 3.8) is 0 Å². The van der Waals surface area contributed by atoms with Gasteiger partial charge in [-0.05, 0) is 31.2 Å². The van der Waals surface area contributed by atoms with Gasteiger partial charge in [-0.3, -0.25) is 9.20 Å². The van der Waals surface area contributed by atoms with Crippen LogP contribution in [0.3, 0.4) is 0 Å². The van der Waals surface area contributed by atoms with Gasteiger partial charge in [0.2, 0.25) is 10.9 Å². The molecule has 0 aliphatic heterocycles. The van der Waals surface area contributed by atoms with E-state index in [1.807, 2.05) is 41.7 Å². The van der Waals surface area contributed by atoms with Crippen LogP contribution in [-0.4, -0.2) is 25.8 Å². The summed E-state index contributed by atoms with van der Waals surface area (Å²) >= 11 is 9.05. The number of nitrogens with zero attached hydrogens (tertiary/aromatic N) is 3. The van der Waals surface area contributed by atoms with Crippen LogP contribution in [0.1, 0.15) is 6.92 Å². The first-order valence-corrected chi connectivity index (χ1v) is 9.65. The van der Waals surface area contributed by atoms with Gasteiger partial charge in [0.1, 0.15) is 0 Å². The standard InChI is InChI=1S/C17H13ClN4OS2/c1-10(15(23)19-12-7-3-2-6-11(12)18)24-16-20-21-17-22(16)13-8-4-5-9-14(13)25-17/h2-10H,1H3,(H,19,23). The van der Waals surface area contributed by atoms with Crippen molar-refractivity contribution in [3.05, 3.63) is 53.6 Å². The summed E-state index contributed by atoms with van der Waals surface area (Å²) in [5.41, 5.74) is 1.66. The van der Waals surface area contributed by atoms with E-state index in [0.717, 1.165) is 15.2 Å². The van der Waals surface area contributed by atoms with Crippen LogP contribution in [0.4, 0.5) is 5.69 Å². The Morgan fingerprint density at radius 1 is 1.20 bits per heavy atom. The fourth-order valence-corrected chi connectivity index (χ4v) is 4.51. The van der Waals surface area contributed by atoms with E-state index in [9.17, 15) is 4.79 Å². The molecule has 0 aliphatic rings. The van der Waals surface area contributed by atoms with E-state index in [1.165, 1.54) is 11.8 Å². The van der Waals surface area contributed by atoms with Gasteiger partial charge in [0.05, 0.1) is 26.2 Å². The number of thiazole rings is 1. The van der Waals surface area contributed by atoms with Crippen LogP contribution in [0.5, 0.6) is 0 Å². The van der Waals surface area contributed by atoms with Crippen molar-refractivity contribution in [2.75, 3.05) is 5.32 Å². The van der Waals surface area contributed by atoms with Crippen LogP contribution >= 0.6 is 34.7 Å². The second-order valence-electron chi connectivity index (χ2n) is 5.40. The minimum Gasteiger partial charge on any atom is -0.324 e. The summed E-state index contributed by atoms with van der Waals surface area (Å²) in [5, 5.41) is 12.2. The largest absolute Gasteiger partial charge is 0.324 e. The highest BCUT2D eigenvalue weighted by Gasteiger charge is 2.20. The molecule has 1 unspecified atom stereocenters. The second kappa shape index (κ2) is 6.67. The summed E-state index contributed by atoms with van der Waals surface area (Å²) in [5.74, 6) is -0.130. The number of thioether (sulfide) groups is 1. The molecule has 1 amide bonds. The molecule has 1 atom stereocenters. The monoisotopic (exact) mass is 388 g/mol. The first kappa shape index (κ1) is 16.4. The predicted molar refractivity (Wildman–Crippen MR) is 104 cm³/mol. The number of benzene rings is 2. The van der Waals surface area contributed by atoms with E-state index in [0.29, 0.717) is 15.9 Å². The van der Waals surface area contributed by atoms with Gasteiger partial charge in [-0.15, -0.1) is 10.2 Å². The zero-order chi connectivity index (χ0) is 17.4. The number of rotatable bonds is 4. The smallest absolute Gasteiger partial charge is 0.237 e. The molecule has 0 saturated carbocycles. The van der Waals surface area contributed by atoms with Crippen molar-refractivity contribution in [1.82, 2.24) is 14.6 Å². The summed E-state index contributed by atoms with van der Waals surface area (Å²) in [6.45, 7) is 1.84. The second-order valence-corrected chi connectivity index (χ2v) is 8.12. The van der Waals surface area contributed by atoms with Crippen molar-refractivity contribution in [2.24, 2.45) is 0 Å². The number of hydrogen-bond donors (Lipinski definition) is 1. The topological polar surface area (TPSA) is 59.3 Å². The highest BCUT2D eigenvalue weighted by molar-refractivity contribution is 8.00. The average Bonchev–Trinajstić information content (AvgIpc) is 3.16. The summed E-state index contributed by atoms with van der Waals surface area (Å²) in [7, 11) is 0. The molecule has 25 heavy (non-hydrogen) atoms. The van der Waals surface area contributed by atoms with E-state index < -0.39 is 0 Å². The zero-order valence-corrected chi connectivity index (χ0v) is 15.5. The van der Waals surface area contributed by atoms with Crippen LogP contribution in [0, 0.1) is 0 Å². The maximum atomic E-state index is 12.5.